The fraction of sp³-hybridized carbons (Fsp3) is 0.462. The van der Waals surface area contributed by atoms with Crippen molar-refractivity contribution in [1.82, 2.24) is 9.55 Å². The van der Waals surface area contributed by atoms with E-state index >= 15 is 0 Å². The Hall–Kier alpha value is -0.780. The number of halogens is 1. The van der Waals surface area contributed by atoms with E-state index in [0.717, 1.165) is 5.65 Å². The average molecular weight is 341 g/mol. The third-order valence-electron chi connectivity index (χ3n) is 3.47. The average Bonchev–Trinajstić information content (AvgIpc) is 2.66. The van der Waals surface area contributed by atoms with Crippen molar-refractivity contribution < 1.29 is 0 Å². The third kappa shape index (κ3) is 2.03. The maximum absolute atomic E-state index is 4.59. The van der Waals surface area contributed by atoms with E-state index in [9.17, 15) is 0 Å². The van der Waals surface area contributed by atoms with Crippen molar-refractivity contribution in [3.8, 4) is 0 Å². The molecule has 0 spiro atoms. The van der Waals surface area contributed by atoms with Crippen LogP contribution in [0.1, 0.15) is 19.3 Å². The third-order valence-corrected chi connectivity index (χ3v) is 4.33. The fourth-order valence-corrected chi connectivity index (χ4v) is 3.34. The molecule has 2 aromatic heterocycles. The molecular formula is C13H16IN3. The van der Waals surface area contributed by atoms with E-state index in [4.69, 9.17) is 0 Å². The highest BCUT2D eigenvalue weighted by Gasteiger charge is 2.13. The van der Waals surface area contributed by atoms with Gasteiger partial charge in [0.2, 0.25) is 0 Å². The Morgan fingerprint density at radius 2 is 2.00 bits per heavy atom. The number of nitrogens with zero attached hydrogens (tertiary/aromatic N) is 3. The number of anilines is 1. The van der Waals surface area contributed by atoms with Crippen molar-refractivity contribution in [3.63, 3.8) is 0 Å². The molecule has 0 atom stereocenters. The summed E-state index contributed by atoms with van der Waals surface area (Å²) in [5.41, 5.74) is 2.36. The monoisotopic (exact) mass is 341 g/mol. The molecule has 0 amide bonds. The minimum absolute atomic E-state index is 1.08. The van der Waals surface area contributed by atoms with Gasteiger partial charge in [-0.05, 0) is 47.9 Å². The Balaban J connectivity index is 2.03. The number of rotatable bonds is 1. The van der Waals surface area contributed by atoms with Crippen LogP contribution in [0.4, 0.5) is 5.69 Å². The van der Waals surface area contributed by atoms with Gasteiger partial charge in [0, 0.05) is 35.3 Å². The van der Waals surface area contributed by atoms with Gasteiger partial charge in [0.25, 0.3) is 0 Å². The summed E-state index contributed by atoms with van der Waals surface area (Å²) < 4.78 is 3.38. The zero-order chi connectivity index (χ0) is 11.8. The molecule has 0 radical (unpaired) electrons. The van der Waals surface area contributed by atoms with Crippen LogP contribution < -0.4 is 4.90 Å². The molecule has 90 valence electrons. The minimum Gasteiger partial charge on any atom is -0.370 e. The molecule has 1 saturated heterocycles. The Labute approximate surface area is 115 Å². The molecule has 17 heavy (non-hydrogen) atoms. The second-order valence-electron chi connectivity index (χ2n) is 4.70. The van der Waals surface area contributed by atoms with Crippen molar-refractivity contribution in [2.45, 2.75) is 19.3 Å². The molecule has 0 aliphatic carbocycles. The van der Waals surface area contributed by atoms with Crippen LogP contribution in [0.5, 0.6) is 0 Å². The Morgan fingerprint density at radius 3 is 2.76 bits per heavy atom. The predicted molar refractivity (Wildman–Crippen MR) is 79.5 cm³/mol. The molecule has 3 heterocycles. The summed E-state index contributed by atoms with van der Waals surface area (Å²) in [5, 5.41) is 1.27. The Kier molecular flexibility index (Phi) is 2.98. The lowest BCUT2D eigenvalue weighted by molar-refractivity contribution is 0.577. The summed E-state index contributed by atoms with van der Waals surface area (Å²) in [5.74, 6) is 0. The maximum Gasteiger partial charge on any atom is 0.140 e. The topological polar surface area (TPSA) is 21.1 Å². The van der Waals surface area contributed by atoms with Gasteiger partial charge < -0.3 is 9.47 Å². The van der Waals surface area contributed by atoms with Crippen molar-refractivity contribution in [3.05, 3.63) is 22.0 Å². The summed E-state index contributed by atoms with van der Waals surface area (Å²) in [6.45, 7) is 2.35. The zero-order valence-electron chi connectivity index (χ0n) is 9.99. The van der Waals surface area contributed by atoms with E-state index in [1.165, 1.54) is 47.0 Å². The zero-order valence-corrected chi connectivity index (χ0v) is 12.1. The SMILES string of the molecule is Cn1cc(I)c2cc(N3CCCCC3)cnc21. The van der Waals surface area contributed by atoms with Gasteiger partial charge >= 0.3 is 0 Å². The number of piperidine rings is 1. The fourth-order valence-electron chi connectivity index (χ4n) is 2.53. The molecule has 4 heteroatoms. The van der Waals surface area contributed by atoms with Gasteiger partial charge in [-0.25, -0.2) is 4.98 Å². The molecular weight excluding hydrogens is 325 g/mol. The van der Waals surface area contributed by atoms with Gasteiger partial charge in [0.1, 0.15) is 5.65 Å². The van der Waals surface area contributed by atoms with E-state index in [0.29, 0.717) is 0 Å². The van der Waals surface area contributed by atoms with Crippen LogP contribution in [0.2, 0.25) is 0 Å². The minimum atomic E-state index is 1.08. The van der Waals surface area contributed by atoms with Gasteiger partial charge in [-0.3, -0.25) is 0 Å². The van der Waals surface area contributed by atoms with Gasteiger partial charge in [-0.1, -0.05) is 0 Å². The van der Waals surface area contributed by atoms with E-state index in [1.807, 2.05) is 6.20 Å². The van der Waals surface area contributed by atoms with Crippen molar-refractivity contribution >= 4 is 39.3 Å². The standard InChI is InChI=1S/C13H16IN3/c1-16-9-12(14)11-7-10(8-15-13(11)16)17-5-3-2-4-6-17/h7-9H,2-6H2,1H3. The number of hydrogen-bond acceptors (Lipinski definition) is 2. The summed E-state index contributed by atoms with van der Waals surface area (Å²) >= 11 is 2.39. The number of aryl methyl sites for hydroxylation is 1. The predicted octanol–water partition coefficient (Wildman–Crippen LogP) is 3.17. The number of fused-ring (bicyclic) bond motifs is 1. The van der Waals surface area contributed by atoms with E-state index in [1.54, 1.807) is 0 Å². The maximum atomic E-state index is 4.59. The second kappa shape index (κ2) is 4.48. The van der Waals surface area contributed by atoms with Crippen LogP contribution >= 0.6 is 22.6 Å². The molecule has 0 N–H and O–H groups in total. The molecule has 0 bridgehead atoms. The first-order valence-corrected chi connectivity index (χ1v) is 7.19. The van der Waals surface area contributed by atoms with Crippen molar-refractivity contribution in [2.75, 3.05) is 18.0 Å². The molecule has 0 unspecified atom stereocenters. The van der Waals surface area contributed by atoms with Gasteiger partial charge in [-0.15, -0.1) is 0 Å². The first-order valence-electron chi connectivity index (χ1n) is 6.11. The van der Waals surface area contributed by atoms with Crippen LogP contribution in [-0.4, -0.2) is 22.6 Å². The van der Waals surface area contributed by atoms with Crippen molar-refractivity contribution in [1.29, 1.82) is 0 Å². The Bertz CT molecular complexity index is 541. The van der Waals surface area contributed by atoms with Crippen molar-refractivity contribution in [2.24, 2.45) is 7.05 Å². The summed E-state index contributed by atoms with van der Waals surface area (Å²) in [7, 11) is 2.05. The van der Waals surface area contributed by atoms with Gasteiger partial charge in [-0.2, -0.15) is 0 Å². The smallest absolute Gasteiger partial charge is 0.140 e. The first kappa shape index (κ1) is 11.3. The number of pyridine rings is 1. The van der Waals surface area contributed by atoms with Crippen LogP contribution in [-0.2, 0) is 7.05 Å². The number of hydrogen-bond donors (Lipinski definition) is 0. The summed E-state index contributed by atoms with van der Waals surface area (Å²) in [6.07, 6.45) is 8.14. The molecule has 1 aliphatic rings. The lowest BCUT2D eigenvalue weighted by Crippen LogP contribution is -2.29. The van der Waals surface area contributed by atoms with E-state index < -0.39 is 0 Å². The van der Waals surface area contributed by atoms with Crippen LogP contribution in [0.25, 0.3) is 11.0 Å². The van der Waals surface area contributed by atoms with Gasteiger partial charge in [0.15, 0.2) is 0 Å². The highest BCUT2D eigenvalue weighted by atomic mass is 127. The lowest BCUT2D eigenvalue weighted by atomic mass is 10.1. The first-order chi connectivity index (χ1) is 8.25. The second-order valence-corrected chi connectivity index (χ2v) is 5.86. The van der Waals surface area contributed by atoms with Crippen LogP contribution in [0.3, 0.4) is 0 Å². The summed E-state index contributed by atoms with van der Waals surface area (Å²) in [6, 6.07) is 2.29. The van der Waals surface area contributed by atoms with Gasteiger partial charge in [0.05, 0.1) is 11.9 Å². The molecule has 3 nitrogen and oxygen atoms in total. The van der Waals surface area contributed by atoms with E-state index in [-0.39, 0.29) is 0 Å². The summed E-state index contributed by atoms with van der Waals surface area (Å²) in [4.78, 5) is 7.05. The molecule has 3 rings (SSSR count). The Morgan fingerprint density at radius 1 is 1.24 bits per heavy atom. The molecule has 0 saturated carbocycles. The highest BCUT2D eigenvalue weighted by molar-refractivity contribution is 14.1. The normalized spacial score (nSPS) is 16.7. The highest BCUT2D eigenvalue weighted by Crippen LogP contribution is 2.26. The lowest BCUT2D eigenvalue weighted by Gasteiger charge is -2.28. The molecule has 0 aromatic carbocycles. The van der Waals surface area contributed by atoms with Crippen LogP contribution in [0, 0.1) is 3.57 Å². The molecule has 2 aromatic rings. The van der Waals surface area contributed by atoms with Crippen LogP contribution in [0.15, 0.2) is 18.5 Å². The molecule has 1 aliphatic heterocycles. The quantitative estimate of drug-likeness (QED) is 0.743. The number of aromatic nitrogens is 2. The largest absolute Gasteiger partial charge is 0.370 e. The molecule has 1 fully saturated rings. The van der Waals surface area contributed by atoms with E-state index in [2.05, 4.69) is 56.4 Å².